The first kappa shape index (κ1) is 12.2. The third-order valence-electron chi connectivity index (χ3n) is 3.17. The van der Waals surface area contributed by atoms with Gasteiger partial charge in [-0.25, -0.2) is 0 Å². The van der Waals surface area contributed by atoms with Gasteiger partial charge in [0.15, 0.2) is 0 Å². The molecule has 1 fully saturated rings. The van der Waals surface area contributed by atoms with Gasteiger partial charge in [0.2, 0.25) is 0 Å². The SMILES string of the molecule is CN(C1CC1)C(CN)c1ccc(Cl)c(Cl)c1. The van der Waals surface area contributed by atoms with Crippen LogP contribution in [0.15, 0.2) is 18.2 Å². The molecule has 2 rings (SSSR count). The largest absolute Gasteiger partial charge is 0.329 e. The van der Waals surface area contributed by atoms with Crippen molar-refractivity contribution in [3.05, 3.63) is 33.8 Å². The monoisotopic (exact) mass is 258 g/mol. The van der Waals surface area contributed by atoms with Crippen molar-refractivity contribution in [1.29, 1.82) is 0 Å². The molecule has 0 bridgehead atoms. The van der Waals surface area contributed by atoms with Gasteiger partial charge in [-0.15, -0.1) is 0 Å². The van der Waals surface area contributed by atoms with Crippen molar-refractivity contribution in [3.8, 4) is 0 Å². The molecule has 88 valence electrons. The molecule has 0 radical (unpaired) electrons. The van der Waals surface area contributed by atoms with E-state index in [1.54, 1.807) is 0 Å². The van der Waals surface area contributed by atoms with Crippen LogP contribution in [0.4, 0.5) is 0 Å². The topological polar surface area (TPSA) is 29.3 Å². The van der Waals surface area contributed by atoms with Crippen LogP contribution in [-0.2, 0) is 0 Å². The fourth-order valence-corrected chi connectivity index (χ4v) is 2.30. The summed E-state index contributed by atoms with van der Waals surface area (Å²) >= 11 is 11.9. The zero-order valence-corrected chi connectivity index (χ0v) is 10.8. The molecule has 1 aromatic carbocycles. The number of rotatable bonds is 4. The second-order valence-corrected chi connectivity index (χ2v) is 5.14. The quantitative estimate of drug-likeness (QED) is 0.900. The third-order valence-corrected chi connectivity index (χ3v) is 3.91. The van der Waals surface area contributed by atoms with Gasteiger partial charge < -0.3 is 5.73 Å². The van der Waals surface area contributed by atoms with Crippen LogP contribution in [0.2, 0.25) is 10.0 Å². The maximum Gasteiger partial charge on any atom is 0.0595 e. The number of benzene rings is 1. The van der Waals surface area contributed by atoms with E-state index in [4.69, 9.17) is 28.9 Å². The summed E-state index contributed by atoms with van der Waals surface area (Å²) < 4.78 is 0. The average Bonchev–Trinajstić information content (AvgIpc) is 3.07. The molecule has 1 atom stereocenters. The Bertz CT molecular complexity index is 377. The van der Waals surface area contributed by atoms with Crippen LogP contribution in [0, 0.1) is 0 Å². The van der Waals surface area contributed by atoms with Crippen molar-refractivity contribution in [2.24, 2.45) is 5.73 Å². The summed E-state index contributed by atoms with van der Waals surface area (Å²) in [5.74, 6) is 0. The van der Waals surface area contributed by atoms with Crippen molar-refractivity contribution in [1.82, 2.24) is 4.90 Å². The summed E-state index contributed by atoms with van der Waals surface area (Å²) in [4.78, 5) is 2.33. The smallest absolute Gasteiger partial charge is 0.0595 e. The normalized spacial score (nSPS) is 17.8. The van der Waals surface area contributed by atoms with E-state index in [1.807, 2.05) is 18.2 Å². The molecular weight excluding hydrogens is 243 g/mol. The number of halogens is 2. The second-order valence-electron chi connectivity index (χ2n) is 4.32. The standard InChI is InChI=1S/C12H16Cl2N2/c1-16(9-3-4-9)12(7-15)8-2-5-10(13)11(14)6-8/h2,5-6,9,12H,3-4,7,15H2,1H3. The second kappa shape index (κ2) is 4.92. The molecule has 1 saturated carbocycles. The Hall–Kier alpha value is -0.280. The molecule has 0 spiro atoms. The lowest BCUT2D eigenvalue weighted by Gasteiger charge is -2.27. The molecule has 4 heteroatoms. The van der Waals surface area contributed by atoms with E-state index in [2.05, 4.69) is 11.9 Å². The van der Waals surface area contributed by atoms with Gasteiger partial charge in [0.1, 0.15) is 0 Å². The lowest BCUT2D eigenvalue weighted by molar-refractivity contribution is 0.240. The van der Waals surface area contributed by atoms with Crippen molar-refractivity contribution in [2.75, 3.05) is 13.6 Å². The number of hydrogen-bond acceptors (Lipinski definition) is 2. The lowest BCUT2D eigenvalue weighted by Crippen LogP contribution is -2.32. The third kappa shape index (κ3) is 2.51. The Kier molecular flexibility index (Phi) is 3.75. The molecule has 1 unspecified atom stereocenters. The molecule has 0 aliphatic heterocycles. The van der Waals surface area contributed by atoms with Crippen LogP contribution in [0.5, 0.6) is 0 Å². The molecule has 0 aromatic heterocycles. The van der Waals surface area contributed by atoms with Gasteiger partial charge in [0, 0.05) is 18.6 Å². The van der Waals surface area contributed by atoms with Crippen LogP contribution >= 0.6 is 23.2 Å². The minimum absolute atomic E-state index is 0.238. The molecule has 1 aliphatic carbocycles. The first-order valence-corrected chi connectivity index (χ1v) is 6.26. The Morgan fingerprint density at radius 3 is 2.56 bits per heavy atom. The summed E-state index contributed by atoms with van der Waals surface area (Å²) in [6.45, 7) is 0.602. The molecule has 2 N–H and O–H groups in total. The van der Waals surface area contributed by atoms with Gasteiger partial charge in [-0.1, -0.05) is 29.3 Å². The minimum atomic E-state index is 0.238. The van der Waals surface area contributed by atoms with E-state index >= 15 is 0 Å². The summed E-state index contributed by atoms with van der Waals surface area (Å²) in [6.07, 6.45) is 2.54. The zero-order valence-electron chi connectivity index (χ0n) is 9.29. The predicted molar refractivity (Wildman–Crippen MR) is 69.0 cm³/mol. The Balaban J connectivity index is 2.21. The van der Waals surface area contributed by atoms with Crippen LogP contribution in [0.3, 0.4) is 0 Å². The Labute approximate surface area is 106 Å². The van der Waals surface area contributed by atoms with Crippen LogP contribution in [-0.4, -0.2) is 24.5 Å². The summed E-state index contributed by atoms with van der Waals surface area (Å²) in [7, 11) is 2.12. The van der Waals surface area contributed by atoms with Gasteiger partial charge in [-0.05, 0) is 37.6 Å². The first-order valence-electron chi connectivity index (χ1n) is 5.50. The van der Waals surface area contributed by atoms with Crippen LogP contribution < -0.4 is 5.73 Å². The van der Waals surface area contributed by atoms with Gasteiger partial charge in [-0.3, -0.25) is 4.90 Å². The van der Waals surface area contributed by atoms with E-state index in [9.17, 15) is 0 Å². The fourth-order valence-electron chi connectivity index (χ4n) is 1.99. The van der Waals surface area contributed by atoms with Crippen LogP contribution in [0.1, 0.15) is 24.4 Å². The molecule has 0 saturated heterocycles. The van der Waals surface area contributed by atoms with E-state index in [0.29, 0.717) is 22.6 Å². The lowest BCUT2D eigenvalue weighted by atomic mass is 10.1. The molecule has 1 aromatic rings. The van der Waals surface area contributed by atoms with Gasteiger partial charge in [0.05, 0.1) is 10.0 Å². The Morgan fingerprint density at radius 1 is 1.38 bits per heavy atom. The van der Waals surface area contributed by atoms with E-state index in [0.717, 1.165) is 5.56 Å². The van der Waals surface area contributed by atoms with E-state index in [-0.39, 0.29) is 6.04 Å². The average molecular weight is 259 g/mol. The van der Waals surface area contributed by atoms with E-state index in [1.165, 1.54) is 12.8 Å². The molecule has 2 nitrogen and oxygen atoms in total. The number of likely N-dealkylation sites (N-methyl/N-ethyl adjacent to an activating group) is 1. The first-order chi connectivity index (χ1) is 7.63. The molecular formula is C12H16Cl2N2. The van der Waals surface area contributed by atoms with Gasteiger partial charge in [0.25, 0.3) is 0 Å². The minimum Gasteiger partial charge on any atom is -0.329 e. The van der Waals surface area contributed by atoms with E-state index < -0.39 is 0 Å². The predicted octanol–water partition coefficient (Wildman–Crippen LogP) is 3.09. The van der Waals surface area contributed by atoms with Crippen molar-refractivity contribution in [3.63, 3.8) is 0 Å². The highest BCUT2D eigenvalue weighted by atomic mass is 35.5. The van der Waals surface area contributed by atoms with Crippen LogP contribution in [0.25, 0.3) is 0 Å². The fraction of sp³-hybridized carbons (Fsp3) is 0.500. The highest BCUT2D eigenvalue weighted by molar-refractivity contribution is 6.42. The number of hydrogen-bond donors (Lipinski definition) is 1. The number of nitrogens with two attached hydrogens (primary N) is 1. The Morgan fingerprint density at radius 2 is 2.06 bits per heavy atom. The maximum absolute atomic E-state index is 6.02. The van der Waals surface area contributed by atoms with Crippen molar-refractivity contribution in [2.45, 2.75) is 24.9 Å². The van der Waals surface area contributed by atoms with Gasteiger partial charge >= 0.3 is 0 Å². The number of nitrogens with zero attached hydrogens (tertiary/aromatic N) is 1. The molecule has 0 amide bonds. The highest BCUT2D eigenvalue weighted by Gasteiger charge is 2.31. The van der Waals surface area contributed by atoms with Crippen molar-refractivity contribution < 1.29 is 0 Å². The summed E-state index contributed by atoms with van der Waals surface area (Å²) in [5.41, 5.74) is 6.99. The maximum atomic E-state index is 6.02. The van der Waals surface area contributed by atoms with Gasteiger partial charge in [-0.2, -0.15) is 0 Å². The summed E-state index contributed by atoms with van der Waals surface area (Å²) in [5, 5.41) is 1.19. The summed E-state index contributed by atoms with van der Waals surface area (Å²) in [6, 6.07) is 6.68. The van der Waals surface area contributed by atoms with Crippen molar-refractivity contribution >= 4 is 23.2 Å². The molecule has 0 heterocycles. The molecule has 1 aliphatic rings. The zero-order chi connectivity index (χ0) is 11.7. The highest BCUT2D eigenvalue weighted by Crippen LogP contribution is 2.34. The molecule has 16 heavy (non-hydrogen) atoms.